The molecule has 0 spiro atoms. The molecule has 214 valence electrons. The van der Waals surface area contributed by atoms with Crippen molar-refractivity contribution < 1.29 is 23.8 Å². The zero-order valence-electron chi connectivity index (χ0n) is 24.8. The largest absolute Gasteiger partial charge is 0.462 e. The number of amides is 1. The van der Waals surface area contributed by atoms with Gasteiger partial charge in [0.2, 0.25) is 5.91 Å². The Hall–Kier alpha value is -1.40. The Morgan fingerprint density at radius 1 is 1.18 bits per heavy atom. The first-order chi connectivity index (χ1) is 17.9. The quantitative estimate of drug-likeness (QED) is 0.322. The molecule has 6 heteroatoms. The van der Waals surface area contributed by atoms with E-state index in [1.807, 2.05) is 7.11 Å². The molecule has 0 unspecified atom stereocenters. The van der Waals surface area contributed by atoms with Crippen LogP contribution >= 0.6 is 0 Å². The molecule has 38 heavy (non-hydrogen) atoms. The number of hydrogen-bond acceptors (Lipinski definition) is 5. The van der Waals surface area contributed by atoms with E-state index in [0.29, 0.717) is 36.1 Å². The zero-order chi connectivity index (χ0) is 27.5. The predicted octanol–water partition coefficient (Wildman–Crippen LogP) is 6.04. The van der Waals surface area contributed by atoms with E-state index >= 15 is 0 Å². The number of rotatable bonds is 7. The number of nitrogens with one attached hydrogen (secondary N) is 1. The molecular weight excluding hydrogens is 478 g/mol. The monoisotopic (exact) mass is 529 g/mol. The Bertz CT molecular complexity index is 963. The van der Waals surface area contributed by atoms with Gasteiger partial charge in [-0.25, -0.2) is 0 Å². The minimum absolute atomic E-state index is 0.0314. The molecule has 1 saturated heterocycles. The van der Waals surface area contributed by atoms with E-state index in [0.717, 1.165) is 50.9 Å². The van der Waals surface area contributed by atoms with Gasteiger partial charge in [-0.05, 0) is 85.4 Å². The third-order valence-electron chi connectivity index (χ3n) is 12.1. The zero-order valence-corrected chi connectivity index (χ0v) is 24.8. The van der Waals surface area contributed by atoms with Crippen LogP contribution in [0.5, 0.6) is 0 Å². The van der Waals surface area contributed by atoms with E-state index in [1.165, 1.54) is 19.8 Å². The third kappa shape index (κ3) is 4.56. The van der Waals surface area contributed by atoms with Crippen LogP contribution in [-0.2, 0) is 23.8 Å². The SMILES string of the molecule is CO[C@]1(CC[C@@H](C)CNC(C)=O)O[C@@H]2C[C@H]3[C@@H]4CC=C5C[C@H](OC(C)=O)CC[C@]5(C)[C@H]4CC[C@]3(C)[C@H]2[C@H]1C. The fourth-order valence-corrected chi connectivity index (χ4v) is 10.1. The standard InChI is InChI=1S/C32H51NO5/c1-19(18-33-21(3)34)10-15-32(36-7)20(2)29-28(38-32)17-27-25-9-8-23-16-24(37-22(4)35)11-13-30(23,5)26(25)12-14-31(27,29)6/h8,19-20,24-29H,9-18H2,1-7H3,(H,33,34)/t19-,20-,24-,25-,26+,27+,28-,29+,30+,31+,32-/m1/s1. The van der Waals surface area contributed by atoms with E-state index in [2.05, 4.69) is 39.1 Å². The van der Waals surface area contributed by atoms with E-state index in [1.54, 1.807) is 12.5 Å². The first-order valence-corrected chi connectivity index (χ1v) is 15.3. The normalized spacial score (nSPS) is 46.2. The summed E-state index contributed by atoms with van der Waals surface area (Å²) in [6, 6.07) is 0. The molecular formula is C32H51NO5. The van der Waals surface area contributed by atoms with Crippen LogP contribution in [0.3, 0.4) is 0 Å². The van der Waals surface area contributed by atoms with Crippen LogP contribution in [0.1, 0.15) is 99.3 Å². The van der Waals surface area contributed by atoms with Gasteiger partial charge in [0, 0.05) is 46.3 Å². The van der Waals surface area contributed by atoms with Crippen molar-refractivity contribution in [3.8, 4) is 0 Å². The smallest absolute Gasteiger partial charge is 0.302 e. The van der Waals surface area contributed by atoms with Crippen LogP contribution in [-0.4, -0.2) is 43.5 Å². The molecule has 4 fully saturated rings. The molecule has 1 aliphatic heterocycles. The van der Waals surface area contributed by atoms with Crippen LogP contribution in [0.2, 0.25) is 0 Å². The van der Waals surface area contributed by atoms with Gasteiger partial charge < -0.3 is 19.5 Å². The van der Waals surface area contributed by atoms with E-state index in [9.17, 15) is 9.59 Å². The van der Waals surface area contributed by atoms with Gasteiger partial charge in [-0.15, -0.1) is 0 Å². The summed E-state index contributed by atoms with van der Waals surface area (Å²) in [4.78, 5) is 22.9. The number of ether oxygens (including phenoxy) is 3. The van der Waals surface area contributed by atoms with Gasteiger partial charge >= 0.3 is 5.97 Å². The maximum absolute atomic E-state index is 11.6. The Labute approximate surface area is 230 Å². The fourth-order valence-electron chi connectivity index (χ4n) is 10.1. The van der Waals surface area contributed by atoms with Crippen molar-refractivity contribution in [2.45, 2.75) is 117 Å². The topological polar surface area (TPSA) is 73.9 Å². The number of esters is 1. The van der Waals surface area contributed by atoms with Gasteiger partial charge in [-0.3, -0.25) is 9.59 Å². The number of carbonyl (C=O) groups excluding carboxylic acids is 2. The maximum atomic E-state index is 11.6. The average Bonchev–Trinajstić information content (AvgIpc) is 3.31. The van der Waals surface area contributed by atoms with E-state index in [4.69, 9.17) is 14.2 Å². The molecule has 5 rings (SSSR count). The molecule has 0 bridgehead atoms. The van der Waals surface area contributed by atoms with Crippen LogP contribution in [0.4, 0.5) is 0 Å². The Kier molecular flexibility index (Phi) is 7.56. The van der Waals surface area contributed by atoms with Crippen LogP contribution in [0, 0.1) is 46.3 Å². The summed E-state index contributed by atoms with van der Waals surface area (Å²) >= 11 is 0. The fraction of sp³-hybridized carbons (Fsp3) is 0.875. The van der Waals surface area contributed by atoms with Crippen LogP contribution in [0.25, 0.3) is 0 Å². The van der Waals surface area contributed by atoms with E-state index < -0.39 is 5.79 Å². The third-order valence-corrected chi connectivity index (χ3v) is 12.1. The van der Waals surface area contributed by atoms with Crippen LogP contribution in [0.15, 0.2) is 11.6 Å². The summed E-state index contributed by atoms with van der Waals surface area (Å²) in [6.07, 6.45) is 12.6. The molecule has 1 amide bonds. The van der Waals surface area contributed by atoms with Crippen molar-refractivity contribution in [3.05, 3.63) is 11.6 Å². The van der Waals surface area contributed by atoms with Gasteiger partial charge in [-0.2, -0.15) is 0 Å². The van der Waals surface area contributed by atoms with Gasteiger partial charge in [0.15, 0.2) is 5.79 Å². The molecule has 0 radical (unpaired) electrons. The summed E-state index contributed by atoms with van der Waals surface area (Å²) in [7, 11) is 1.83. The van der Waals surface area contributed by atoms with Gasteiger partial charge in [0.1, 0.15) is 6.10 Å². The second kappa shape index (κ2) is 10.2. The van der Waals surface area contributed by atoms with Crippen molar-refractivity contribution in [2.75, 3.05) is 13.7 Å². The first-order valence-electron chi connectivity index (χ1n) is 15.3. The number of carbonyl (C=O) groups is 2. The highest BCUT2D eigenvalue weighted by molar-refractivity contribution is 5.72. The molecule has 0 aromatic carbocycles. The van der Waals surface area contributed by atoms with Gasteiger partial charge in [0.05, 0.1) is 6.10 Å². The summed E-state index contributed by atoms with van der Waals surface area (Å²) in [5.74, 6) is 2.74. The second-order valence-corrected chi connectivity index (χ2v) is 14.1. The van der Waals surface area contributed by atoms with Crippen molar-refractivity contribution in [1.29, 1.82) is 0 Å². The lowest BCUT2D eigenvalue weighted by Gasteiger charge is -2.58. The first kappa shape index (κ1) is 28.1. The minimum Gasteiger partial charge on any atom is -0.462 e. The minimum atomic E-state index is -0.522. The lowest BCUT2D eigenvalue weighted by Crippen LogP contribution is -2.52. The number of methoxy groups -OCH3 is 1. The molecule has 0 aromatic heterocycles. The molecule has 5 aliphatic rings. The van der Waals surface area contributed by atoms with Crippen molar-refractivity contribution in [1.82, 2.24) is 5.32 Å². The van der Waals surface area contributed by atoms with Crippen molar-refractivity contribution >= 4 is 11.9 Å². The van der Waals surface area contributed by atoms with Crippen LogP contribution < -0.4 is 5.32 Å². The predicted molar refractivity (Wildman–Crippen MR) is 147 cm³/mol. The van der Waals surface area contributed by atoms with Crippen molar-refractivity contribution in [2.24, 2.45) is 46.3 Å². The number of hydrogen-bond donors (Lipinski definition) is 1. The molecule has 1 heterocycles. The molecule has 4 aliphatic carbocycles. The highest BCUT2D eigenvalue weighted by Gasteiger charge is 2.68. The average molecular weight is 530 g/mol. The lowest BCUT2D eigenvalue weighted by atomic mass is 9.47. The highest BCUT2D eigenvalue weighted by Crippen LogP contribution is 2.70. The summed E-state index contributed by atoms with van der Waals surface area (Å²) < 4.78 is 18.8. The van der Waals surface area contributed by atoms with Gasteiger partial charge in [0.25, 0.3) is 0 Å². The Balaban J connectivity index is 1.30. The molecule has 1 N–H and O–H groups in total. The Morgan fingerprint density at radius 3 is 2.63 bits per heavy atom. The van der Waals surface area contributed by atoms with Crippen molar-refractivity contribution in [3.63, 3.8) is 0 Å². The second-order valence-electron chi connectivity index (χ2n) is 14.1. The molecule has 0 aromatic rings. The lowest BCUT2D eigenvalue weighted by molar-refractivity contribution is -0.238. The molecule has 3 saturated carbocycles. The van der Waals surface area contributed by atoms with E-state index in [-0.39, 0.29) is 34.9 Å². The molecule has 6 nitrogen and oxygen atoms in total. The Morgan fingerprint density at radius 2 is 1.95 bits per heavy atom. The summed E-state index contributed by atoms with van der Waals surface area (Å²) in [5, 5.41) is 2.96. The maximum Gasteiger partial charge on any atom is 0.302 e. The number of allylic oxidation sites excluding steroid dienone is 1. The highest BCUT2D eigenvalue weighted by atomic mass is 16.7. The van der Waals surface area contributed by atoms with Gasteiger partial charge in [-0.1, -0.05) is 39.3 Å². The molecule has 11 atom stereocenters. The summed E-state index contributed by atoms with van der Waals surface area (Å²) in [6.45, 7) is 13.5. The summed E-state index contributed by atoms with van der Waals surface area (Å²) in [5.41, 5.74) is 2.07. The number of fused-ring (bicyclic) bond motifs is 7.